The fourth-order valence-corrected chi connectivity index (χ4v) is 4.68. The number of thiophene rings is 2. The van der Waals surface area contributed by atoms with Crippen LogP contribution in [0.2, 0.25) is 0 Å². The van der Waals surface area contributed by atoms with Gasteiger partial charge in [-0.15, -0.1) is 22.7 Å². The standard InChI is InChI=1S/C16H19N3O2S2/c1-10(15(21)18-16-11(14(17)20)6-9-23-16)19-7-2-4-12(19)13-5-3-8-22-13/h3,5-6,8-10,12H,2,4,7H2,1H3,(H2,17,20)(H,18,21). The van der Waals surface area contributed by atoms with Crippen LogP contribution in [0.5, 0.6) is 0 Å². The average molecular weight is 349 g/mol. The van der Waals surface area contributed by atoms with Crippen molar-refractivity contribution in [3.05, 3.63) is 39.4 Å². The third-order valence-corrected chi connectivity index (χ3v) is 6.01. The molecule has 1 saturated heterocycles. The Morgan fingerprint density at radius 1 is 1.35 bits per heavy atom. The molecule has 1 fully saturated rings. The molecule has 2 aromatic rings. The van der Waals surface area contributed by atoms with Crippen LogP contribution in [0, 0.1) is 0 Å². The van der Waals surface area contributed by atoms with Gasteiger partial charge in [-0.05, 0) is 49.2 Å². The molecule has 0 radical (unpaired) electrons. The minimum atomic E-state index is -0.521. The number of nitrogens with two attached hydrogens (primary N) is 1. The van der Waals surface area contributed by atoms with Crippen LogP contribution in [0.3, 0.4) is 0 Å². The summed E-state index contributed by atoms with van der Waals surface area (Å²) in [7, 11) is 0. The quantitative estimate of drug-likeness (QED) is 0.871. The Morgan fingerprint density at radius 2 is 2.17 bits per heavy atom. The fraction of sp³-hybridized carbons (Fsp3) is 0.375. The molecule has 23 heavy (non-hydrogen) atoms. The van der Waals surface area contributed by atoms with Crippen molar-refractivity contribution in [3.63, 3.8) is 0 Å². The molecule has 2 amide bonds. The van der Waals surface area contributed by atoms with Gasteiger partial charge in [-0.3, -0.25) is 14.5 Å². The molecule has 0 spiro atoms. The van der Waals surface area contributed by atoms with E-state index in [1.54, 1.807) is 22.8 Å². The van der Waals surface area contributed by atoms with Gasteiger partial charge in [0.25, 0.3) is 5.91 Å². The van der Waals surface area contributed by atoms with E-state index in [0.29, 0.717) is 16.6 Å². The van der Waals surface area contributed by atoms with Gasteiger partial charge in [0.2, 0.25) is 5.91 Å². The highest BCUT2D eigenvalue weighted by molar-refractivity contribution is 7.14. The van der Waals surface area contributed by atoms with Gasteiger partial charge >= 0.3 is 0 Å². The summed E-state index contributed by atoms with van der Waals surface area (Å²) in [6.45, 7) is 2.82. The van der Waals surface area contributed by atoms with E-state index < -0.39 is 5.91 Å². The summed E-state index contributed by atoms with van der Waals surface area (Å²) in [5.41, 5.74) is 5.69. The van der Waals surface area contributed by atoms with Crippen LogP contribution in [0.1, 0.15) is 41.0 Å². The average Bonchev–Trinajstić information content (AvgIpc) is 3.26. The summed E-state index contributed by atoms with van der Waals surface area (Å²) in [6.07, 6.45) is 2.16. The van der Waals surface area contributed by atoms with E-state index in [1.807, 2.05) is 13.0 Å². The summed E-state index contributed by atoms with van der Waals surface area (Å²) < 4.78 is 0. The van der Waals surface area contributed by atoms with E-state index in [4.69, 9.17) is 5.73 Å². The third kappa shape index (κ3) is 3.31. The predicted octanol–water partition coefficient (Wildman–Crippen LogP) is 3.07. The second kappa shape index (κ2) is 6.82. The SMILES string of the molecule is CC(C(=O)Nc1sccc1C(N)=O)N1CCCC1c1cccs1. The number of carbonyl (C=O) groups excluding carboxylic acids is 2. The molecular weight excluding hydrogens is 330 g/mol. The van der Waals surface area contributed by atoms with Crippen LogP contribution < -0.4 is 11.1 Å². The number of hydrogen-bond acceptors (Lipinski definition) is 5. The van der Waals surface area contributed by atoms with Gasteiger partial charge in [-0.25, -0.2) is 0 Å². The lowest BCUT2D eigenvalue weighted by atomic mass is 10.1. The predicted molar refractivity (Wildman–Crippen MR) is 93.9 cm³/mol. The van der Waals surface area contributed by atoms with Crippen molar-refractivity contribution in [3.8, 4) is 0 Å². The van der Waals surface area contributed by atoms with E-state index >= 15 is 0 Å². The number of anilines is 1. The highest BCUT2D eigenvalue weighted by Gasteiger charge is 2.33. The zero-order valence-corrected chi connectivity index (χ0v) is 14.5. The lowest BCUT2D eigenvalue weighted by Crippen LogP contribution is -2.41. The van der Waals surface area contributed by atoms with Gasteiger partial charge in [0.15, 0.2) is 0 Å². The Hall–Kier alpha value is -1.70. The first-order chi connectivity index (χ1) is 11.1. The second-order valence-electron chi connectivity index (χ2n) is 5.60. The summed E-state index contributed by atoms with van der Waals surface area (Å²) in [4.78, 5) is 27.5. The number of amides is 2. The monoisotopic (exact) mass is 349 g/mol. The molecule has 2 atom stereocenters. The van der Waals surface area contributed by atoms with E-state index in [-0.39, 0.29) is 11.9 Å². The van der Waals surface area contributed by atoms with Crippen molar-refractivity contribution in [1.82, 2.24) is 4.90 Å². The Labute approximate surface area is 143 Å². The number of carbonyl (C=O) groups is 2. The van der Waals surface area contributed by atoms with Gasteiger partial charge < -0.3 is 11.1 Å². The molecule has 1 aliphatic rings. The molecule has 0 aromatic carbocycles. The Kier molecular flexibility index (Phi) is 4.79. The molecule has 0 saturated carbocycles. The summed E-state index contributed by atoms with van der Waals surface area (Å²) in [6, 6.07) is 5.86. The first-order valence-corrected chi connectivity index (χ1v) is 9.31. The van der Waals surface area contributed by atoms with Crippen LogP contribution in [0.4, 0.5) is 5.00 Å². The van der Waals surface area contributed by atoms with Crippen LogP contribution in [0.25, 0.3) is 0 Å². The van der Waals surface area contributed by atoms with Crippen molar-refractivity contribution in [2.24, 2.45) is 5.73 Å². The van der Waals surface area contributed by atoms with Crippen LogP contribution >= 0.6 is 22.7 Å². The Balaban J connectivity index is 1.72. The molecule has 122 valence electrons. The summed E-state index contributed by atoms with van der Waals surface area (Å²) in [5, 5.41) is 7.21. The second-order valence-corrected chi connectivity index (χ2v) is 7.50. The molecule has 3 N–H and O–H groups in total. The number of likely N-dealkylation sites (tertiary alicyclic amines) is 1. The van der Waals surface area contributed by atoms with Gasteiger partial charge in [0.05, 0.1) is 11.6 Å². The van der Waals surface area contributed by atoms with E-state index in [2.05, 4.69) is 21.7 Å². The van der Waals surface area contributed by atoms with Crippen molar-refractivity contribution >= 4 is 39.5 Å². The van der Waals surface area contributed by atoms with Crippen LogP contribution in [-0.4, -0.2) is 29.3 Å². The van der Waals surface area contributed by atoms with Gasteiger partial charge in [0.1, 0.15) is 5.00 Å². The minimum Gasteiger partial charge on any atom is -0.366 e. The zero-order chi connectivity index (χ0) is 16.4. The molecule has 2 aromatic heterocycles. The van der Waals surface area contributed by atoms with Crippen molar-refractivity contribution in [2.45, 2.75) is 31.8 Å². The normalized spacial score (nSPS) is 19.6. The van der Waals surface area contributed by atoms with E-state index in [0.717, 1.165) is 19.4 Å². The Morgan fingerprint density at radius 3 is 2.87 bits per heavy atom. The zero-order valence-electron chi connectivity index (χ0n) is 12.8. The maximum atomic E-state index is 12.6. The number of nitrogens with zero attached hydrogens (tertiary/aromatic N) is 1. The first kappa shape index (κ1) is 16.2. The van der Waals surface area contributed by atoms with Crippen LogP contribution in [0.15, 0.2) is 29.0 Å². The number of nitrogens with one attached hydrogen (secondary N) is 1. The molecule has 3 heterocycles. The molecule has 5 nitrogen and oxygen atoms in total. The van der Waals surface area contributed by atoms with E-state index in [9.17, 15) is 9.59 Å². The fourth-order valence-electron chi connectivity index (χ4n) is 3.01. The molecule has 3 rings (SSSR count). The largest absolute Gasteiger partial charge is 0.366 e. The lowest BCUT2D eigenvalue weighted by Gasteiger charge is -2.29. The van der Waals surface area contributed by atoms with E-state index in [1.165, 1.54) is 16.2 Å². The molecular formula is C16H19N3O2S2. The minimum absolute atomic E-state index is 0.0987. The van der Waals surface area contributed by atoms with Gasteiger partial charge in [-0.1, -0.05) is 6.07 Å². The molecule has 7 heteroatoms. The number of rotatable bonds is 5. The topological polar surface area (TPSA) is 75.4 Å². The molecule has 0 aliphatic carbocycles. The Bertz CT molecular complexity index is 696. The lowest BCUT2D eigenvalue weighted by molar-refractivity contribution is -0.121. The van der Waals surface area contributed by atoms with Crippen LogP contribution in [-0.2, 0) is 4.79 Å². The summed E-state index contributed by atoms with van der Waals surface area (Å²) in [5.74, 6) is -0.620. The highest BCUT2D eigenvalue weighted by atomic mass is 32.1. The van der Waals surface area contributed by atoms with Crippen molar-refractivity contribution in [1.29, 1.82) is 0 Å². The molecule has 2 unspecified atom stereocenters. The smallest absolute Gasteiger partial charge is 0.251 e. The maximum absolute atomic E-state index is 12.6. The number of primary amides is 1. The molecule has 0 bridgehead atoms. The number of hydrogen-bond donors (Lipinski definition) is 2. The maximum Gasteiger partial charge on any atom is 0.251 e. The van der Waals surface area contributed by atoms with Crippen molar-refractivity contribution < 1.29 is 9.59 Å². The molecule has 1 aliphatic heterocycles. The van der Waals surface area contributed by atoms with Crippen molar-refractivity contribution in [2.75, 3.05) is 11.9 Å². The third-order valence-electron chi connectivity index (χ3n) is 4.21. The van der Waals surface area contributed by atoms with Gasteiger partial charge in [-0.2, -0.15) is 0 Å². The first-order valence-electron chi connectivity index (χ1n) is 7.55. The highest BCUT2D eigenvalue weighted by Crippen LogP contribution is 2.36. The summed E-state index contributed by atoms with van der Waals surface area (Å²) >= 11 is 3.05. The van der Waals surface area contributed by atoms with Gasteiger partial charge in [0, 0.05) is 10.9 Å².